The number of nitrogens with two attached hydrogens (primary N) is 1. The molecule has 0 radical (unpaired) electrons. The van der Waals surface area contributed by atoms with Crippen LogP contribution in [0.1, 0.15) is 6.42 Å². The van der Waals surface area contributed by atoms with Crippen LogP contribution in [0.5, 0.6) is 0 Å². The van der Waals surface area contributed by atoms with Gasteiger partial charge in [-0.2, -0.15) is 0 Å². The van der Waals surface area contributed by atoms with Gasteiger partial charge in [-0.1, -0.05) is 0 Å². The molecule has 0 amide bonds. The Labute approximate surface area is 62.1 Å². The summed E-state index contributed by atoms with van der Waals surface area (Å²) in [6, 6.07) is 0. The van der Waals surface area contributed by atoms with E-state index in [0.717, 1.165) is 26.1 Å². The number of methoxy groups -OCH3 is 1. The maximum absolute atomic E-state index is 5.96. The van der Waals surface area contributed by atoms with Crippen molar-refractivity contribution in [1.82, 2.24) is 4.90 Å². The highest BCUT2D eigenvalue weighted by molar-refractivity contribution is 4.97. The molecule has 60 valence electrons. The molecule has 10 heavy (non-hydrogen) atoms. The van der Waals surface area contributed by atoms with Gasteiger partial charge in [0.25, 0.3) is 0 Å². The van der Waals surface area contributed by atoms with Gasteiger partial charge in [-0.3, -0.25) is 0 Å². The zero-order chi connectivity index (χ0) is 7.61. The normalized spacial score (nSPS) is 24.3. The summed E-state index contributed by atoms with van der Waals surface area (Å²) in [5.74, 6) is 0. The van der Waals surface area contributed by atoms with Crippen molar-refractivity contribution in [2.75, 3.05) is 33.9 Å². The lowest BCUT2D eigenvalue weighted by atomic mass is 9.88. The number of likely N-dealkylation sites (N-methyl/N-ethyl adjacent to an activating group) is 1. The zero-order valence-corrected chi connectivity index (χ0v) is 6.76. The molecule has 3 nitrogen and oxygen atoms in total. The number of likely N-dealkylation sites (tertiary alicyclic amines) is 1. The van der Waals surface area contributed by atoms with E-state index in [1.165, 1.54) is 0 Å². The monoisotopic (exact) mass is 144 g/mol. The average Bonchev–Trinajstić information content (AvgIpc) is 1.81. The summed E-state index contributed by atoms with van der Waals surface area (Å²) < 4.78 is 4.95. The summed E-state index contributed by atoms with van der Waals surface area (Å²) in [5, 5.41) is 0. The quantitative estimate of drug-likeness (QED) is 0.589. The zero-order valence-electron chi connectivity index (χ0n) is 6.76. The largest absolute Gasteiger partial charge is 0.385 e. The van der Waals surface area contributed by atoms with Gasteiger partial charge >= 0.3 is 0 Å². The molecule has 0 atom stereocenters. The third-order valence-electron chi connectivity index (χ3n) is 1.97. The maximum Gasteiger partial charge on any atom is 0.0480 e. The van der Waals surface area contributed by atoms with Gasteiger partial charge in [-0.05, 0) is 13.5 Å². The van der Waals surface area contributed by atoms with E-state index in [-0.39, 0.29) is 5.54 Å². The van der Waals surface area contributed by atoms with Crippen molar-refractivity contribution in [3.05, 3.63) is 0 Å². The van der Waals surface area contributed by atoms with Crippen LogP contribution in [0.15, 0.2) is 0 Å². The lowest BCUT2D eigenvalue weighted by Gasteiger charge is -2.45. The average molecular weight is 144 g/mol. The molecule has 3 heteroatoms. The number of nitrogens with zero attached hydrogens (tertiary/aromatic N) is 1. The molecule has 1 saturated heterocycles. The molecule has 0 unspecified atom stereocenters. The minimum absolute atomic E-state index is 0.0464. The van der Waals surface area contributed by atoms with Crippen LogP contribution in [-0.2, 0) is 4.74 Å². The molecule has 0 aliphatic carbocycles. The molecule has 0 aromatic carbocycles. The van der Waals surface area contributed by atoms with Gasteiger partial charge < -0.3 is 15.4 Å². The summed E-state index contributed by atoms with van der Waals surface area (Å²) in [4.78, 5) is 2.22. The van der Waals surface area contributed by atoms with Crippen LogP contribution in [0.3, 0.4) is 0 Å². The van der Waals surface area contributed by atoms with Crippen molar-refractivity contribution in [1.29, 1.82) is 0 Å². The highest BCUT2D eigenvalue weighted by Gasteiger charge is 2.36. The van der Waals surface area contributed by atoms with Crippen molar-refractivity contribution in [2.45, 2.75) is 12.0 Å². The van der Waals surface area contributed by atoms with Gasteiger partial charge in [0.2, 0.25) is 0 Å². The van der Waals surface area contributed by atoms with Crippen LogP contribution >= 0.6 is 0 Å². The van der Waals surface area contributed by atoms with Crippen LogP contribution in [-0.4, -0.2) is 44.3 Å². The first-order valence-electron chi connectivity index (χ1n) is 3.63. The van der Waals surface area contributed by atoms with E-state index in [1.807, 2.05) is 0 Å². The van der Waals surface area contributed by atoms with E-state index in [0.29, 0.717) is 0 Å². The minimum atomic E-state index is 0.0464. The summed E-state index contributed by atoms with van der Waals surface area (Å²) in [7, 11) is 3.80. The molecule has 0 aromatic heterocycles. The predicted octanol–water partition coefficient (Wildman–Crippen LogP) is -0.334. The topological polar surface area (TPSA) is 38.5 Å². The second kappa shape index (κ2) is 2.86. The van der Waals surface area contributed by atoms with Crippen molar-refractivity contribution < 1.29 is 4.74 Å². The van der Waals surface area contributed by atoms with E-state index in [9.17, 15) is 0 Å². The van der Waals surface area contributed by atoms with Gasteiger partial charge in [-0.15, -0.1) is 0 Å². The van der Waals surface area contributed by atoms with Gasteiger partial charge in [0.05, 0.1) is 0 Å². The Balaban J connectivity index is 2.15. The Morgan fingerprint density at radius 2 is 2.20 bits per heavy atom. The highest BCUT2D eigenvalue weighted by Crippen LogP contribution is 2.19. The molecule has 1 heterocycles. The molecule has 1 rings (SSSR count). The number of ether oxygens (including phenoxy) is 1. The van der Waals surface area contributed by atoms with E-state index < -0.39 is 0 Å². The van der Waals surface area contributed by atoms with Crippen LogP contribution in [0.2, 0.25) is 0 Å². The fourth-order valence-electron chi connectivity index (χ4n) is 1.49. The molecule has 0 aromatic rings. The fourth-order valence-corrected chi connectivity index (χ4v) is 1.49. The summed E-state index contributed by atoms with van der Waals surface area (Å²) >= 11 is 0. The van der Waals surface area contributed by atoms with Crippen LogP contribution in [0, 0.1) is 0 Å². The lowest BCUT2D eigenvalue weighted by Crippen LogP contribution is -2.66. The van der Waals surface area contributed by atoms with E-state index >= 15 is 0 Å². The number of rotatable bonds is 3. The molecule has 0 spiro atoms. The Hall–Kier alpha value is -0.120. The standard InChI is InChI=1S/C7H16N2O/c1-9-5-7(8,6-9)3-4-10-2/h3-6,8H2,1-2H3. The molecule has 0 bridgehead atoms. The molecular formula is C7H16N2O. The number of hydrogen-bond acceptors (Lipinski definition) is 3. The molecule has 0 saturated carbocycles. The second-order valence-corrected chi connectivity index (χ2v) is 3.28. The first-order chi connectivity index (χ1) is 4.66. The van der Waals surface area contributed by atoms with Gasteiger partial charge in [0.1, 0.15) is 0 Å². The number of hydrogen-bond donors (Lipinski definition) is 1. The molecule has 1 aliphatic heterocycles. The lowest BCUT2D eigenvalue weighted by molar-refractivity contribution is 0.0638. The van der Waals surface area contributed by atoms with Crippen molar-refractivity contribution >= 4 is 0 Å². The predicted molar refractivity (Wildman–Crippen MR) is 40.9 cm³/mol. The fraction of sp³-hybridized carbons (Fsp3) is 1.00. The minimum Gasteiger partial charge on any atom is -0.385 e. The Morgan fingerprint density at radius 1 is 1.60 bits per heavy atom. The molecular weight excluding hydrogens is 128 g/mol. The first-order valence-corrected chi connectivity index (χ1v) is 3.63. The van der Waals surface area contributed by atoms with E-state index in [4.69, 9.17) is 10.5 Å². The smallest absolute Gasteiger partial charge is 0.0480 e. The SMILES string of the molecule is COCCC1(N)CN(C)C1. The first kappa shape index (κ1) is 7.98. The summed E-state index contributed by atoms with van der Waals surface area (Å²) in [5.41, 5.74) is 6.00. The Kier molecular flexibility index (Phi) is 2.28. The summed E-state index contributed by atoms with van der Waals surface area (Å²) in [6.07, 6.45) is 0.980. The van der Waals surface area contributed by atoms with Crippen LogP contribution in [0.4, 0.5) is 0 Å². The molecule has 2 N–H and O–H groups in total. The van der Waals surface area contributed by atoms with E-state index in [1.54, 1.807) is 7.11 Å². The Bertz CT molecular complexity index is 110. The second-order valence-electron chi connectivity index (χ2n) is 3.28. The van der Waals surface area contributed by atoms with Crippen LogP contribution in [0.25, 0.3) is 0 Å². The molecule has 1 fully saturated rings. The van der Waals surface area contributed by atoms with Gasteiger partial charge in [0, 0.05) is 32.3 Å². The van der Waals surface area contributed by atoms with Gasteiger partial charge in [-0.25, -0.2) is 0 Å². The third kappa shape index (κ3) is 1.68. The summed E-state index contributed by atoms with van der Waals surface area (Å²) in [6.45, 7) is 2.80. The third-order valence-corrected chi connectivity index (χ3v) is 1.97. The van der Waals surface area contributed by atoms with Crippen molar-refractivity contribution in [2.24, 2.45) is 5.73 Å². The van der Waals surface area contributed by atoms with Crippen molar-refractivity contribution in [3.63, 3.8) is 0 Å². The van der Waals surface area contributed by atoms with Gasteiger partial charge in [0.15, 0.2) is 0 Å². The van der Waals surface area contributed by atoms with E-state index in [2.05, 4.69) is 11.9 Å². The van der Waals surface area contributed by atoms with Crippen LogP contribution < -0.4 is 5.73 Å². The Morgan fingerprint density at radius 3 is 2.60 bits per heavy atom. The molecule has 1 aliphatic rings. The van der Waals surface area contributed by atoms with Crippen molar-refractivity contribution in [3.8, 4) is 0 Å². The highest BCUT2D eigenvalue weighted by atomic mass is 16.5. The maximum atomic E-state index is 5.96.